The van der Waals surface area contributed by atoms with Crippen molar-refractivity contribution in [2.75, 3.05) is 4.90 Å². The van der Waals surface area contributed by atoms with E-state index in [0.29, 0.717) is 5.82 Å². The highest BCUT2D eigenvalue weighted by molar-refractivity contribution is 6.22. The molecule has 4 atom stereocenters. The van der Waals surface area contributed by atoms with E-state index >= 15 is 0 Å². The van der Waals surface area contributed by atoms with Gasteiger partial charge in [-0.15, -0.1) is 0 Å². The zero-order valence-electron chi connectivity index (χ0n) is 9.69. The van der Waals surface area contributed by atoms with Gasteiger partial charge < -0.3 is 0 Å². The van der Waals surface area contributed by atoms with E-state index < -0.39 is 0 Å². The number of imide groups is 1. The number of anilines is 1. The summed E-state index contributed by atoms with van der Waals surface area (Å²) in [6.45, 7) is 0. The van der Waals surface area contributed by atoms with Crippen molar-refractivity contribution >= 4 is 17.6 Å². The van der Waals surface area contributed by atoms with Crippen LogP contribution in [0.2, 0.25) is 0 Å². The van der Waals surface area contributed by atoms with Crippen LogP contribution in [0.5, 0.6) is 0 Å². The first-order valence-electron chi connectivity index (χ1n) is 6.24. The van der Waals surface area contributed by atoms with E-state index in [1.807, 2.05) is 0 Å². The molecule has 2 bridgehead atoms. The molecule has 1 saturated carbocycles. The molecule has 4 nitrogen and oxygen atoms in total. The fourth-order valence-electron chi connectivity index (χ4n) is 3.61. The van der Waals surface area contributed by atoms with E-state index in [2.05, 4.69) is 17.1 Å². The number of hydrogen-bond donors (Lipinski definition) is 0. The number of aromatic nitrogens is 1. The van der Waals surface area contributed by atoms with Crippen molar-refractivity contribution in [3.05, 3.63) is 36.5 Å². The molecular formula is C14H12N2O2. The lowest BCUT2D eigenvalue weighted by molar-refractivity contribution is -0.123. The second-order valence-corrected chi connectivity index (χ2v) is 5.20. The largest absolute Gasteiger partial charge is 0.274 e. The van der Waals surface area contributed by atoms with E-state index in [0.717, 1.165) is 6.42 Å². The molecule has 4 rings (SSSR count). The topological polar surface area (TPSA) is 50.3 Å². The summed E-state index contributed by atoms with van der Waals surface area (Å²) in [5, 5.41) is 0. The molecule has 4 heteroatoms. The Morgan fingerprint density at radius 1 is 1.06 bits per heavy atom. The first-order valence-corrected chi connectivity index (χ1v) is 6.24. The highest BCUT2D eigenvalue weighted by atomic mass is 16.2. The molecule has 2 fully saturated rings. The SMILES string of the molecule is O=C1[C@H]2[C@H](C(=O)N1c1ccccn1)[C@H]1C=C[C@H]2C1. The van der Waals surface area contributed by atoms with Gasteiger partial charge in [0.05, 0.1) is 11.8 Å². The monoisotopic (exact) mass is 240 g/mol. The highest BCUT2D eigenvalue weighted by Gasteiger charge is 2.59. The molecule has 1 aromatic heterocycles. The van der Waals surface area contributed by atoms with Gasteiger partial charge in [-0.2, -0.15) is 0 Å². The molecule has 2 aliphatic carbocycles. The van der Waals surface area contributed by atoms with Crippen molar-refractivity contribution in [2.45, 2.75) is 6.42 Å². The number of carbonyl (C=O) groups is 2. The maximum Gasteiger partial charge on any atom is 0.239 e. The molecule has 0 aromatic carbocycles. The molecule has 90 valence electrons. The van der Waals surface area contributed by atoms with Crippen molar-refractivity contribution < 1.29 is 9.59 Å². The third-order valence-electron chi connectivity index (χ3n) is 4.35. The fraction of sp³-hybridized carbons (Fsp3) is 0.357. The maximum absolute atomic E-state index is 12.4. The number of amides is 2. The summed E-state index contributed by atoms with van der Waals surface area (Å²) in [7, 11) is 0. The molecule has 1 aromatic rings. The molecule has 0 N–H and O–H groups in total. The molecule has 0 spiro atoms. The molecule has 1 aliphatic heterocycles. The van der Waals surface area contributed by atoms with E-state index in [4.69, 9.17) is 0 Å². The van der Waals surface area contributed by atoms with Gasteiger partial charge in [0.2, 0.25) is 11.8 Å². The summed E-state index contributed by atoms with van der Waals surface area (Å²) in [4.78, 5) is 30.2. The molecule has 1 saturated heterocycles. The first kappa shape index (κ1) is 10.00. The number of pyridine rings is 1. The molecule has 18 heavy (non-hydrogen) atoms. The van der Waals surface area contributed by atoms with E-state index in [1.165, 1.54) is 4.90 Å². The second kappa shape index (κ2) is 3.28. The van der Waals surface area contributed by atoms with Crippen LogP contribution in [0.1, 0.15) is 6.42 Å². The van der Waals surface area contributed by atoms with Crippen LogP contribution < -0.4 is 4.90 Å². The Bertz CT molecular complexity index is 536. The van der Waals surface area contributed by atoms with Gasteiger partial charge in [-0.3, -0.25) is 9.59 Å². The average molecular weight is 240 g/mol. The van der Waals surface area contributed by atoms with Crippen LogP contribution >= 0.6 is 0 Å². The van der Waals surface area contributed by atoms with Crippen molar-refractivity contribution in [2.24, 2.45) is 23.7 Å². The van der Waals surface area contributed by atoms with Crippen LogP contribution in [0.25, 0.3) is 0 Å². The van der Waals surface area contributed by atoms with Crippen LogP contribution in [-0.4, -0.2) is 16.8 Å². The summed E-state index contributed by atoms with van der Waals surface area (Å²) >= 11 is 0. The van der Waals surface area contributed by atoms with Gasteiger partial charge in [-0.05, 0) is 30.4 Å². The normalized spacial score (nSPS) is 36.6. The third-order valence-corrected chi connectivity index (χ3v) is 4.35. The molecular weight excluding hydrogens is 228 g/mol. The zero-order valence-corrected chi connectivity index (χ0v) is 9.69. The van der Waals surface area contributed by atoms with Gasteiger partial charge in [0.1, 0.15) is 5.82 Å². The Labute approximate surface area is 104 Å². The molecule has 2 amide bonds. The van der Waals surface area contributed by atoms with Crippen LogP contribution in [-0.2, 0) is 9.59 Å². The molecule has 0 radical (unpaired) electrons. The maximum atomic E-state index is 12.4. The third kappa shape index (κ3) is 1.08. The summed E-state index contributed by atoms with van der Waals surface area (Å²) in [5.74, 6) is 0.543. The van der Waals surface area contributed by atoms with E-state index in [-0.39, 0.29) is 35.5 Å². The highest BCUT2D eigenvalue weighted by Crippen LogP contribution is 2.52. The van der Waals surface area contributed by atoms with Crippen LogP contribution in [0.4, 0.5) is 5.82 Å². The summed E-state index contributed by atoms with van der Waals surface area (Å²) in [6, 6.07) is 5.29. The standard InChI is InChI=1S/C14H12N2O2/c17-13-11-8-4-5-9(7-8)12(11)14(18)16(13)10-3-1-2-6-15-10/h1-6,8-9,11-12H,7H2/t8-,9-,11+,12+/m0/s1. The summed E-state index contributed by atoms with van der Waals surface area (Å²) in [5.41, 5.74) is 0. The van der Waals surface area contributed by atoms with Gasteiger partial charge in [0.15, 0.2) is 0 Å². The number of carbonyl (C=O) groups excluding carboxylic acids is 2. The van der Waals surface area contributed by atoms with Crippen molar-refractivity contribution in [1.82, 2.24) is 4.98 Å². The Morgan fingerprint density at radius 2 is 1.72 bits per heavy atom. The van der Waals surface area contributed by atoms with Crippen LogP contribution in [0.15, 0.2) is 36.5 Å². The minimum atomic E-state index is -0.144. The van der Waals surface area contributed by atoms with E-state index in [9.17, 15) is 9.59 Å². The van der Waals surface area contributed by atoms with Crippen molar-refractivity contribution in [3.8, 4) is 0 Å². The molecule has 2 heterocycles. The Balaban J connectivity index is 1.77. The Kier molecular flexibility index (Phi) is 1.82. The average Bonchev–Trinajstić information content (AvgIpc) is 3.05. The lowest BCUT2D eigenvalue weighted by Crippen LogP contribution is -2.33. The lowest BCUT2D eigenvalue weighted by Gasteiger charge is -2.15. The smallest absolute Gasteiger partial charge is 0.239 e. The van der Waals surface area contributed by atoms with Gasteiger partial charge in [0, 0.05) is 6.20 Å². The van der Waals surface area contributed by atoms with E-state index in [1.54, 1.807) is 24.4 Å². The lowest BCUT2D eigenvalue weighted by atomic mass is 9.85. The van der Waals surface area contributed by atoms with Gasteiger partial charge in [-0.1, -0.05) is 18.2 Å². The van der Waals surface area contributed by atoms with Crippen LogP contribution in [0, 0.1) is 23.7 Å². The Hall–Kier alpha value is -1.97. The summed E-state index contributed by atoms with van der Waals surface area (Å²) in [6.07, 6.45) is 6.76. The number of nitrogens with zero attached hydrogens (tertiary/aromatic N) is 2. The van der Waals surface area contributed by atoms with Gasteiger partial charge in [-0.25, -0.2) is 9.88 Å². The molecule has 0 unspecified atom stereocenters. The summed E-state index contributed by atoms with van der Waals surface area (Å²) < 4.78 is 0. The molecule has 3 aliphatic rings. The first-order chi connectivity index (χ1) is 8.77. The van der Waals surface area contributed by atoms with Crippen molar-refractivity contribution in [3.63, 3.8) is 0 Å². The number of hydrogen-bond acceptors (Lipinski definition) is 3. The van der Waals surface area contributed by atoms with Crippen molar-refractivity contribution in [1.29, 1.82) is 0 Å². The number of fused-ring (bicyclic) bond motifs is 5. The second-order valence-electron chi connectivity index (χ2n) is 5.20. The minimum Gasteiger partial charge on any atom is -0.274 e. The minimum absolute atomic E-state index is 0.0689. The van der Waals surface area contributed by atoms with Gasteiger partial charge >= 0.3 is 0 Å². The fourth-order valence-corrected chi connectivity index (χ4v) is 3.61. The van der Waals surface area contributed by atoms with Crippen LogP contribution in [0.3, 0.4) is 0 Å². The number of allylic oxidation sites excluding steroid dienone is 2. The predicted octanol–water partition coefficient (Wildman–Crippen LogP) is 1.39. The quantitative estimate of drug-likeness (QED) is 0.550. The number of rotatable bonds is 1. The Morgan fingerprint density at radius 3 is 2.28 bits per heavy atom. The predicted molar refractivity (Wildman–Crippen MR) is 64.4 cm³/mol. The zero-order chi connectivity index (χ0) is 12.3. The van der Waals surface area contributed by atoms with Gasteiger partial charge in [0.25, 0.3) is 0 Å².